The van der Waals surface area contributed by atoms with Gasteiger partial charge in [0.25, 0.3) is 5.69 Å². The number of non-ortho nitro benzene ring substituents is 1. The lowest BCUT2D eigenvalue weighted by atomic mass is 10.1. The van der Waals surface area contributed by atoms with Crippen LogP contribution >= 0.6 is 11.8 Å². The highest BCUT2D eigenvalue weighted by atomic mass is 32.2. The largest absolute Gasteiger partial charge is 0.467 e. The van der Waals surface area contributed by atoms with Crippen LogP contribution in [-0.2, 0) is 17.8 Å². The van der Waals surface area contributed by atoms with Crippen LogP contribution in [-0.4, -0.2) is 37.3 Å². The number of hydrogen-bond acceptors (Lipinski definition) is 8. The van der Waals surface area contributed by atoms with Gasteiger partial charge in [-0.2, -0.15) is 5.10 Å². The first kappa shape index (κ1) is 20.5. The molecule has 3 heterocycles. The molecule has 1 atom stereocenters. The van der Waals surface area contributed by atoms with Crippen molar-refractivity contribution in [1.29, 1.82) is 0 Å². The molecule has 9 nitrogen and oxygen atoms in total. The Morgan fingerprint density at radius 3 is 2.90 bits per heavy atom. The molecule has 0 saturated carbocycles. The number of furan rings is 1. The molecule has 0 spiro atoms. The Kier molecular flexibility index (Phi) is 6.18. The minimum absolute atomic E-state index is 0.00431. The zero-order valence-electron chi connectivity index (χ0n) is 16.2. The van der Waals surface area contributed by atoms with Crippen LogP contribution in [0.3, 0.4) is 0 Å². The van der Waals surface area contributed by atoms with Crippen LogP contribution in [0.5, 0.6) is 0 Å². The highest BCUT2D eigenvalue weighted by Gasteiger charge is 2.38. The van der Waals surface area contributed by atoms with Gasteiger partial charge in [-0.1, -0.05) is 30.0 Å². The van der Waals surface area contributed by atoms with Crippen molar-refractivity contribution in [3.8, 4) is 0 Å². The number of benzene rings is 1. The van der Waals surface area contributed by atoms with Crippen molar-refractivity contribution in [3.05, 3.63) is 94.2 Å². The summed E-state index contributed by atoms with van der Waals surface area (Å²) in [6.07, 6.45) is 6.76. The van der Waals surface area contributed by atoms with E-state index in [0.717, 1.165) is 5.56 Å². The number of amidine groups is 1. The highest BCUT2D eigenvalue weighted by molar-refractivity contribution is 8.15. The summed E-state index contributed by atoms with van der Waals surface area (Å²) in [5, 5.41) is 19.4. The van der Waals surface area contributed by atoms with Crippen LogP contribution < -0.4 is 0 Å². The first-order chi connectivity index (χ1) is 15.1. The summed E-state index contributed by atoms with van der Waals surface area (Å²) in [6, 6.07) is 13.5. The SMILES string of the molecule is O=C1C(Cc2cccc([N+](=O)[O-])c2)S/C(=N\N=C\c2cccnc2)N1Cc1ccco1. The first-order valence-electron chi connectivity index (χ1n) is 9.35. The van der Waals surface area contributed by atoms with Crippen LogP contribution in [0.2, 0.25) is 0 Å². The lowest BCUT2D eigenvalue weighted by molar-refractivity contribution is -0.384. The van der Waals surface area contributed by atoms with Crippen LogP contribution in [0.1, 0.15) is 16.9 Å². The topological polar surface area (TPSA) is 114 Å². The van der Waals surface area contributed by atoms with Crippen molar-refractivity contribution in [3.63, 3.8) is 0 Å². The molecule has 0 radical (unpaired) electrons. The van der Waals surface area contributed by atoms with Crippen molar-refractivity contribution in [2.75, 3.05) is 0 Å². The summed E-state index contributed by atoms with van der Waals surface area (Å²) < 4.78 is 5.38. The number of carbonyl (C=O) groups excluding carboxylic acids is 1. The van der Waals surface area contributed by atoms with Gasteiger partial charge in [-0.05, 0) is 30.2 Å². The number of nitro groups is 1. The molecule has 10 heteroatoms. The molecule has 1 aliphatic heterocycles. The second-order valence-corrected chi connectivity index (χ2v) is 7.82. The zero-order valence-corrected chi connectivity index (χ0v) is 17.0. The fourth-order valence-electron chi connectivity index (χ4n) is 3.03. The van der Waals surface area contributed by atoms with E-state index in [1.165, 1.54) is 28.8 Å². The lowest BCUT2D eigenvalue weighted by Gasteiger charge is -2.14. The Hall–Kier alpha value is -3.79. The first-order valence-corrected chi connectivity index (χ1v) is 10.2. The number of nitrogens with zero attached hydrogens (tertiary/aromatic N) is 5. The second-order valence-electron chi connectivity index (χ2n) is 6.65. The van der Waals surface area contributed by atoms with E-state index in [0.29, 0.717) is 22.9 Å². The third kappa shape index (κ3) is 5.04. The van der Waals surface area contributed by atoms with Crippen molar-refractivity contribution >= 4 is 34.7 Å². The summed E-state index contributed by atoms with van der Waals surface area (Å²) in [6.45, 7) is 0.228. The fourth-order valence-corrected chi connectivity index (χ4v) is 4.16. The monoisotopic (exact) mass is 435 g/mol. The zero-order chi connectivity index (χ0) is 21.6. The summed E-state index contributed by atoms with van der Waals surface area (Å²) >= 11 is 1.28. The Morgan fingerprint density at radius 2 is 2.16 bits per heavy atom. The number of aromatic nitrogens is 1. The number of amides is 1. The highest BCUT2D eigenvalue weighted by Crippen LogP contribution is 2.32. The predicted octanol–water partition coefficient (Wildman–Crippen LogP) is 3.66. The van der Waals surface area contributed by atoms with E-state index in [2.05, 4.69) is 15.2 Å². The Morgan fingerprint density at radius 1 is 1.26 bits per heavy atom. The molecule has 0 aliphatic carbocycles. The van der Waals surface area contributed by atoms with Crippen LogP contribution in [0, 0.1) is 10.1 Å². The summed E-state index contributed by atoms with van der Waals surface area (Å²) in [5.41, 5.74) is 1.49. The number of pyridine rings is 1. The van der Waals surface area contributed by atoms with Gasteiger partial charge >= 0.3 is 0 Å². The molecule has 4 rings (SSSR count). The van der Waals surface area contributed by atoms with E-state index in [4.69, 9.17) is 4.42 Å². The Bertz CT molecular complexity index is 1130. The number of carbonyl (C=O) groups is 1. The van der Waals surface area contributed by atoms with Gasteiger partial charge in [0, 0.05) is 30.1 Å². The van der Waals surface area contributed by atoms with E-state index in [9.17, 15) is 14.9 Å². The van der Waals surface area contributed by atoms with Gasteiger partial charge in [0.2, 0.25) is 5.91 Å². The van der Waals surface area contributed by atoms with E-state index < -0.39 is 10.2 Å². The third-order valence-corrected chi connectivity index (χ3v) is 5.66. The second kappa shape index (κ2) is 9.35. The smallest absolute Gasteiger partial charge is 0.269 e. The van der Waals surface area contributed by atoms with Gasteiger partial charge in [0.05, 0.1) is 29.2 Å². The minimum atomic E-state index is -0.468. The van der Waals surface area contributed by atoms with E-state index in [1.807, 2.05) is 6.07 Å². The minimum Gasteiger partial charge on any atom is -0.467 e. The van der Waals surface area contributed by atoms with E-state index in [-0.39, 0.29) is 18.1 Å². The van der Waals surface area contributed by atoms with Gasteiger partial charge in [-0.15, -0.1) is 5.10 Å². The fraction of sp³-hybridized carbons (Fsp3) is 0.143. The molecule has 1 aliphatic rings. The van der Waals surface area contributed by atoms with Crippen molar-refractivity contribution in [2.45, 2.75) is 18.2 Å². The van der Waals surface area contributed by atoms with Gasteiger partial charge in [0.15, 0.2) is 5.17 Å². The molecule has 2 aromatic heterocycles. The molecule has 3 aromatic rings. The quantitative estimate of drug-likeness (QED) is 0.318. The number of rotatable bonds is 7. The maximum atomic E-state index is 13.1. The Labute approximate surface area is 181 Å². The average Bonchev–Trinajstić information content (AvgIpc) is 3.39. The van der Waals surface area contributed by atoms with Crippen LogP contribution in [0.4, 0.5) is 5.69 Å². The number of hydrogen-bond donors (Lipinski definition) is 0. The maximum Gasteiger partial charge on any atom is 0.269 e. The van der Waals surface area contributed by atoms with Gasteiger partial charge in [0.1, 0.15) is 5.76 Å². The molecule has 1 unspecified atom stereocenters. The van der Waals surface area contributed by atoms with Gasteiger partial charge < -0.3 is 4.42 Å². The molecule has 0 bridgehead atoms. The van der Waals surface area contributed by atoms with Crippen LogP contribution in [0.25, 0.3) is 0 Å². The average molecular weight is 435 g/mol. The number of thioether (sulfide) groups is 1. The molecule has 0 N–H and O–H groups in total. The summed E-state index contributed by atoms with van der Waals surface area (Å²) in [4.78, 5) is 29.2. The number of nitro benzene ring substituents is 1. The molecule has 1 fully saturated rings. The third-order valence-electron chi connectivity index (χ3n) is 4.49. The lowest BCUT2D eigenvalue weighted by Crippen LogP contribution is -2.32. The molecule has 1 amide bonds. The van der Waals surface area contributed by atoms with Crippen LogP contribution in [0.15, 0.2) is 81.8 Å². The van der Waals surface area contributed by atoms with Gasteiger partial charge in [-0.25, -0.2) is 0 Å². The molecule has 1 aromatic carbocycles. The van der Waals surface area contributed by atoms with Crippen molar-refractivity contribution in [2.24, 2.45) is 10.2 Å². The van der Waals surface area contributed by atoms with E-state index >= 15 is 0 Å². The molecular formula is C21H17N5O4S. The van der Waals surface area contributed by atoms with Crippen molar-refractivity contribution in [1.82, 2.24) is 9.88 Å². The summed E-state index contributed by atoms with van der Waals surface area (Å²) in [7, 11) is 0. The summed E-state index contributed by atoms with van der Waals surface area (Å²) in [5.74, 6) is 0.470. The molecular weight excluding hydrogens is 418 g/mol. The molecule has 31 heavy (non-hydrogen) atoms. The molecule has 1 saturated heterocycles. The van der Waals surface area contributed by atoms with Crippen molar-refractivity contribution < 1.29 is 14.1 Å². The molecule has 156 valence electrons. The van der Waals surface area contributed by atoms with Gasteiger partial charge in [-0.3, -0.25) is 24.8 Å². The Balaban J connectivity index is 1.56. The normalized spacial score (nSPS) is 17.7. The predicted molar refractivity (Wildman–Crippen MR) is 117 cm³/mol. The standard InChI is InChI=1S/C21H17N5O4S/c27-20-19(11-15-4-1-6-17(10-15)26(28)29)31-21(25(20)14-18-7-3-9-30-18)24-23-13-16-5-2-8-22-12-16/h1-10,12-13,19H,11,14H2/b23-13+,24-21-. The van der Waals surface area contributed by atoms with E-state index in [1.54, 1.807) is 55.2 Å². The maximum absolute atomic E-state index is 13.1.